The highest BCUT2D eigenvalue weighted by Gasteiger charge is 2.32. The minimum absolute atomic E-state index is 0.138. The molecule has 0 aliphatic carbocycles. The van der Waals surface area contributed by atoms with Gasteiger partial charge in [-0.15, -0.1) is 0 Å². The first-order chi connectivity index (χ1) is 17.8. The molecule has 0 saturated heterocycles. The van der Waals surface area contributed by atoms with E-state index in [1.54, 1.807) is 30.3 Å². The number of carbonyl (C=O) groups excluding carboxylic acids is 3. The number of hydrogen-bond donors (Lipinski definition) is 8. The van der Waals surface area contributed by atoms with Crippen LogP contribution in [0, 0.1) is 0 Å². The number of amides is 3. The van der Waals surface area contributed by atoms with Crippen LogP contribution in [0.1, 0.15) is 37.7 Å². The van der Waals surface area contributed by atoms with Crippen LogP contribution in [-0.2, 0) is 40.0 Å². The molecule has 4 unspecified atom stereocenters. The van der Waals surface area contributed by atoms with Crippen LogP contribution in [0.5, 0.6) is 0 Å². The van der Waals surface area contributed by atoms with E-state index in [1.807, 2.05) is 0 Å². The Labute approximate surface area is 216 Å². The molecule has 208 valence electrons. The third-order valence-electron chi connectivity index (χ3n) is 5.19. The van der Waals surface area contributed by atoms with Crippen LogP contribution < -0.4 is 21.7 Å². The van der Waals surface area contributed by atoms with Gasteiger partial charge >= 0.3 is 23.9 Å². The molecule has 15 heteroatoms. The van der Waals surface area contributed by atoms with E-state index in [4.69, 9.17) is 15.9 Å². The fourth-order valence-electron chi connectivity index (χ4n) is 3.20. The van der Waals surface area contributed by atoms with Crippen molar-refractivity contribution < 1.29 is 54.0 Å². The molecule has 1 aromatic rings. The molecule has 0 spiro atoms. The van der Waals surface area contributed by atoms with Crippen LogP contribution in [-0.4, -0.2) is 86.2 Å². The van der Waals surface area contributed by atoms with E-state index in [-0.39, 0.29) is 12.8 Å². The largest absolute Gasteiger partial charge is 0.481 e. The summed E-state index contributed by atoms with van der Waals surface area (Å²) >= 11 is 0. The maximum atomic E-state index is 12.8. The molecule has 0 bridgehead atoms. The van der Waals surface area contributed by atoms with Crippen molar-refractivity contribution in [2.75, 3.05) is 0 Å². The number of nitrogens with two attached hydrogens (primary N) is 1. The van der Waals surface area contributed by atoms with Gasteiger partial charge < -0.3 is 42.1 Å². The fraction of sp³-hybridized carbons (Fsp3) is 0.435. The number of carbonyl (C=O) groups is 7. The second-order valence-corrected chi connectivity index (χ2v) is 8.28. The fourth-order valence-corrected chi connectivity index (χ4v) is 3.20. The summed E-state index contributed by atoms with van der Waals surface area (Å²) in [4.78, 5) is 82.6. The van der Waals surface area contributed by atoms with Crippen molar-refractivity contribution >= 4 is 41.6 Å². The van der Waals surface area contributed by atoms with Gasteiger partial charge in [-0.25, -0.2) is 4.79 Å². The normalized spacial score (nSPS) is 13.7. The highest BCUT2D eigenvalue weighted by molar-refractivity contribution is 5.95. The summed E-state index contributed by atoms with van der Waals surface area (Å²) in [6.45, 7) is 0. The quantitative estimate of drug-likeness (QED) is 0.110. The Morgan fingerprint density at radius 3 is 1.68 bits per heavy atom. The first-order valence-corrected chi connectivity index (χ1v) is 11.4. The lowest BCUT2D eigenvalue weighted by atomic mass is 10.0. The van der Waals surface area contributed by atoms with Crippen molar-refractivity contribution in [3.05, 3.63) is 35.9 Å². The summed E-state index contributed by atoms with van der Waals surface area (Å²) < 4.78 is 0. The molecule has 9 N–H and O–H groups in total. The number of carboxylic acids is 4. The number of rotatable bonds is 17. The monoisotopic (exact) mass is 538 g/mol. The zero-order valence-corrected chi connectivity index (χ0v) is 20.2. The lowest BCUT2D eigenvalue weighted by molar-refractivity contribution is -0.143. The Balaban J connectivity index is 3.02. The van der Waals surface area contributed by atoms with Crippen molar-refractivity contribution in [2.24, 2.45) is 5.73 Å². The van der Waals surface area contributed by atoms with Gasteiger partial charge in [0, 0.05) is 19.3 Å². The van der Waals surface area contributed by atoms with E-state index in [0.29, 0.717) is 5.56 Å². The maximum Gasteiger partial charge on any atom is 0.326 e. The number of carboxylic acid groups (broad SMARTS) is 4. The van der Waals surface area contributed by atoms with Crippen molar-refractivity contribution in [2.45, 2.75) is 62.7 Å². The van der Waals surface area contributed by atoms with Crippen LogP contribution in [0.3, 0.4) is 0 Å². The van der Waals surface area contributed by atoms with Gasteiger partial charge in [0.15, 0.2) is 0 Å². The van der Waals surface area contributed by atoms with Gasteiger partial charge in [0.2, 0.25) is 17.7 Å². The predicted molar refractivity (Wildman–Crippen MR) is 128 cm³/mol. The molecule has 1 rings (SSSR count). The number of nitrogens with one attached hydrogen (secondary N) is 3. The van der Waals surface area contributed by atoms with Gasteiger partial charge in [0.1, 0.15) is 18.1 Å². The molecule has 0 saturated carbocycles. The first-order valence-electron chi connectivity index (χ1n) is 11.4. The summed E-state index contributed by atoms with van der Waals surface area (Å²) in [7, 11) is 0. The average Bonchev–Trinajstić information content (AvgIpc) is 2.83. The van der Waals surface area contributed by atoms with Gasteiger partial charge in [-0.2, -0.15) is 0 Å². The second kappa shape index (κ2) is 15.6. The standard InChI is InChI=1S/C23H30N4O11/c24-13(6-8-17(28)29)20(34)25-14(7-9-18(30)31)21(35)26-15(11-19(32)33)22(36)27-16(23(37)38)10-12-4-2-1-3-5-12/h1-5,13-16H,6-11,24H2,(H,25,34)(H,26,35)(H,27,36)(H,28,29)(H,30,31)(H,32,33)(H,37,38). The molecule has 0 fully saturated rings. The van der Waals surface area contributed by atoms with Crippen LogP contribution in [0.15, 0.2) is 30.3 Å². The molecule has 0 heterocycles. The van der Waals surface area contributed by atoms with Crippen molar-refractivity contribution in [1.82, 2.24) is 16.0 Å². The molecule has 0 aliphatic heterocycles. The lowest BCUT2D eigenvalue weighted by Gasteiger charge is -2.24. The molecule has 38 heavy (non-hydrogen) atoms. The van der Waals surface area contributed by atoms with E-state index < -0.39 is 91.4 Å². The molecule has 3 amide bonds. The number of aliphatic carboxylic acids is 4. The van der Waals surface area contributed by atoms with Gasteiger partial charge in [-0.1, -0.05) is 30.3 Å². The second-order valence-electron chi connectivity index (χ2n) is 8.28. The van der Waals surface area contributed by atoms with E-state index >= 15 is 0 Å². The van der Waals surface area contributed by atoms with Crippen LogP contribution >= 0.6 is 0 Å². The molecular formula is C23H30N4O11. The Morgan fingerprint density at radius 1 is 0.658 bits per heavy atom. The number of benzene rings is 1. The number of hydrogen-bond acceptors (Lipinski definition) is 8. The molecule has 15 nitrogen and oxygen atoms in total. The van der Waals surface area contributed by atoms with E-state index in [0.717, 1.165) is 0 Å². The van der Waals surface area contributed by atoms with Crippen molar-refractivity contribution in [1.29, 1.82) is 0 Å². The summed E-state index contributed by atoms with van der Waals surface area (Å²) in [6, 6.07) is 2.10. The van der Waals surface area contributed by atoms with E-state index in [1.165, 1.54) is 0 Å². The predicted octanol–water partition coefficient (Wildman–Crippen LogP) is -1.70. The SMILES string of the molecule is NC(CCC(=O)O)C(=O)NC(CCC(=O)O)C(=O)NC(CC(=O)O)C(=O)NC(Cc1ccccc1)C(=O)O. The van der Waals surface area contributed by atoms with Gasteiger partial charge in [-0.05, 0) is 18.4 Å². The van der Waals surface area contributed by atoms with Gasteiger partial charge in [-0.3, -0.25) is 28.8 Å². The Morgan fingerprint density at radius 2 is 1.16 bits per heavy atom. The van der Waals surface area contributed by atoms with E-state index in [9.17, 15) is 43.8 Å². The van der Waals surface area contributed by atoms with Crippen LogP contribution in [0.2, 0.25) is 0 Å². The first kappa shape index (κ1) is 31.5. The molecule has 0 radical (unpaired) electrons. The summed E-state index contributed by atoms with van der Waals surface area (Å²) in [5.74, 6) is -8.69. The zero-order chi connectivity index (χ0) is 28.8. The minimum atomic E-state index is -1.78. The zero-order valence-electron chi connectivity index (χ0n) is 20.2. The lowest BCUT2D eigenvalue weighted by Crippen LogP contribution is -2.57. The van der Waals surface area contributed by atoms with Gasteiger partial charge in [0.25, 0.3) is 0 Å². The Kier molecular flexibility index (Phi) is 12.9. The summed E-state index contributed by atoms with van der Waals surface area (Å²) in [5.41, 5.74) is 6.18. The molecule has 4 atom stereocenters. The topological polar surface area (TPSA) is 263 Å². The molecule has 0 aromatic heterocycles. The van der Waals surface area contributed by atoms with Crippen molar-refractivity contribution in [3.8, 4) is 0 Å². The van der Waals surface area contributed by atoms with Crippen LogP contribution in [0.4, 0.5) is 0 Å². The third-order valence-corrected chi connectivity index (χ3v) is 5.19. The highest BCUT2D eigenvalue weighted by atomic mass is 16.4. The van der Waals surface area contributed by atoms with Crippen LogP contribution in [0.25, 0.3) is 0 Å². The summed E-state index contributed by atoms with van der Waals surface area (Å²) in [6.07, 6.45) is -2.89. The Bertz CT molecular complexity index is 1030. The average molecular weight is 539 g/mol. The molecule has 1 aromatic carbocycles. The van der Waals surface area contributed by atoms with Gasteiger partial charge in [0.05, 0.1) is 12.5 Å². The van der Waals surface area contributed by atoms with Crippen molar-refractivity contribution in [3.63, 3.8) is 0 Å². The maximum absolute atomic E-state index is 12.8. The summed E-state index contributed by atoms with van der Waals surface area (Å²) in [5, 5.41) is 42.8. The third kappa shape index (κ3) is 11.9. The smallest absolute Gasteiger partial charge is 0.326 e. The van der Waals surface area contributed by atoms with E-state index in [2.05, 4.69) is 16.0 Å². The molecule has 0 aliphatic rings. The molecular weight excluding hydrogens is 508 g/mol. The highest BCUT2D eigenvalue weighted by Crippen LogP contribution is 2.06. The Hall–Kier alpha value is -4.53. The minimum Gasteiger partial charge on any atom is -0.481 e.